The molecule has 0 aromatic rings. The molecule has 0 radical (unpaired) electrons. The molecule has 0 unspecified atom stereocenters. The molecule has 0 aliphatic rings. The summed E-state index contributed by atoms with van der Waals surface area (Å²) in [6.45, 7) is 0. The summed E-state index contributed by atoms with van der Waals surface area (Å²) in [5.74, 6) is 1.28. The van der Waals surface area contributed by atoms with Gasteiger partial charge in [0.1, 0.15) is 12.0 Å². The minimum absolute atomic E-state index is 0.750. The Kier molecular flexibility index (Phi) is 2.32. The van der Waals surface area contributed by atoms with Gasteiger partial charge in [-0.3, -0.25) is 0 Å². The van der Waals surface area contributed by atoms with E-state index >= 15 is 0 Å². The first-order valence-corrected chi connectivity index (χ1v) is 1.01. The van der Waals surface area contributed by atoms with Gasteiger partial charge in [-0.1, -0.05) is 0 Å². The van der Waals surface area contributed by atoms with Gasteiger partial charge in [0.2, 0.25) is 0 Å². The van der Waals surface area contributed by atoms with Crippen LogP contribution >= 0.6 is 0 Å². The summed E-state index contributed by atoms with van der Waals surface area (Å²) in [5, 5.41) is 7.50. The van der Waals surface area contributed by atoms with E-state index in [1.807, 2.05) is 0 Å². The Morgan fingerprint density at radius 3 is 2.40 bits per heavy atom. The van der Waals surface area contributed by atoms with Crippen LogP contribution in [-0.4, -0.2) is 5.94 Å². The van der Waals surface area contributed by atoms with Gasteiger partial charge < -0.3 is 0 Å². The third-order valence-corrected chi connectivity index (χ3v) is 0.123. The van der Waals surface area contributed by atoms with Gasteiger partial charge in [-0.05, 0) is 0 Å². The molecule has 2 heteroatoms. The summed E-state index contributed by atoms with van der Waals surface area (Å²) in [6.07, 6.45) is 0.750. The minimum atomic E-state index is 0.750. The van der Waals surface area contributed by atoms with Crippen molar-refractivity contribution in [1.29, 1.82) is 5.26 Å². The maximum Gasteiger partial charge on any atom is 0.135 e. The molecule has 0 saturated heterocycles. The number of nitriles is 1. The first-order valence-electron chi connectivity index (χ1n) is 1.01. The second-order valence-electron chi connectivity index (χ2n) is 0.391. The maximum absolute atomic E-state index is 9.00. The number of allylic oxidation sites excluding steroid dienone is 1. The number of nitrogens with zero attached hydrogens (tertiary/aromatic N) is 1. The largest absolute Gasteiger partial charge is 0.233 e. The fourth-order valence-corrected chi connectivity index (χ4v) is 0.0264. The first kappa shape index (κ1) is 3.94. The molecular weight excluding hydrogens is 66.0 g/mol. The lowest BCUT2D eigenvalue weighted by Crippen LogP contribution is -1.39. The molecular formula is C3HNO. The number of hydrogen-bond donors (Lipinski definition) is 0. The zero-order chi connectivity index (χ0) is 4.12. The van der Waals surface area contributed by atoms with Crippen LogP contribution in [0.2, 0.25) is 0 Å². The highest BCUT2D eigenvalue weighted by molar-refractivity contribution is 5.49. The van der Waals surface area contributed by atoms with E-state index in [1.54, 1.807) is 0 Å². The normalized spacial score (nSPS) is 3.80. The summed E-state index contributed by atoms with van der Waals surface area (Å²) in [6, 6.07) is 1.47. The van der Waals surface area contributed by atoms with E-state index in [-0.39, 0.29) is 0 Å². The van der Waals surface area contributed by atoms with E-state index in [4.69, 9.17) is 10.1 Å². The fourth-order valence-electron chi connectivity index (χ4n) is 0.0264. The van der Waals surface area contributed by atoms with Gasteiger partial charge in [-0.2, -0.15) is 5.26 Å². The smallest absolute Gasteiger partial charge is 0.135 e. The van der Waals surface area contributed by atoms with Crippen LogP contribution < -0.4 is 0 Å². The lowest BCUT2D eigenvalue weighted by atomic mass is 10.7. The van der Waals surface area contributed by atoms with Crippen molar-refractivity contribution in [3.63, 3.8) is 0 Å². The Hall–Kier alpha value is -1.06. The summed E-state index contributed by atoms with van der Waals surface area (Å²) < 4.78 is 0. The van der Waals surface area contributed by atoms with Gasteiger partial charge in [0.05, 0.1) is 6.08 Å². The van der Waals surface area contributed by atoms with E-state index < -0.39 is 0 Å². The molecule has 0 fully saturated rings. The van der Waals surface area contributed by atoms with Crippen LogP contribution in [0.4, 0.5) is 0 Å². The fraction of sp³-hybridized carbons (Fsp3) is 0. The van der Waals surface area contributed by atoms with Gasteiger partial charge in [0.25, 0.3) is 0 Å². The monoisotopic (exact) mass is 67.0 g/mol. The molecule has 0 saturated carbocycles. The molecule has 0 heterocycles. The van der Waals surface area contributed by atoms with Crippen LogP contribution in [0.3, 0.4) is 0 Å². The predicted octanol–water partition coefficient (Wildman–Crippen LogP) is -0.102. The Morgan fingerprint density at radius 1 is 1.80 bits per heavy atom. The molecule has 0 aliphatic heterocycles. The van der Waals surface area contributed by atoms with Gasteiger partial charge in [0, 0.05) is 0 Å². The van der Waals surface area contributed by atoms with E-state index in [1.165, 1.54) is 12.0 Å². The topological polar surface area (TPSA) is 40.9 Å². The van der Waals surface area contributed by atoms with Crippen LogP contribution in [-0.2, 0) is 4.79 Å². The van der Waals surface area contributed by atoms with E-state index in [0.29, 0.717) is 0 Å². The van der Waals surface area contributed by atoms with Crippen molar-refractivity contribution in [3.05, 3.63) is 6.08 Å². The third kappa shape index (κ3) is 2.94. The minimum Gasteiger partial charge on any atom is -0.233 e. The van der Waals surface area contributed by atoms with Crippen molar-refractivity contribution in [2.24, 2.45) is 0 Å². The van der Waals surface area contributed by atoms with E-state index in [9.17, 15) is 0 Å². The second kappa shape index (κ2) is 2.94. The van der Waals surface area contributed by atoms with Gasteiger partial charge in [-0.15, -0.1) is 0 Å². The standard InChI is InChI=1S/C3HNO/c4-2-1-3-5/h1H. The molecule has 0 rings (SSSR count). The molecule has 2 nitrogen and oxygen atoms in total. The second-order valence-corrected chi connectivity index (χ2v) is 0.391. The lowest BCUT2D eigenvalue weighted by molar-refractivity contribution is 0.569. The van der Waals surface area contributed by atoms with Crippen molar-refractivity contribution in [2.45, 2.75) is 0 Å². The van der Waals surface area contributed by atoms with Crippen molar-refractivity contribution < 1.29 is 4.79 Å². The van der Waals surface area contributed by atoms with Crippen molar-refractivity contribution >= 4 is 5.94 Å². The van der Waals surface area contributed by atoms with Crippen LogP contribution in [0.5, 0.6) is 0 Å². The summed E-state index contributed by atoms with van der Waals surface area (Å²) in [7, 11) is 0. The molecule has 0 N–H and O–H groups in total. The Morgan fingerprint density at radius 2 is 2.40 bits per heavy atom. The predicted molar refractivity (Wildman–Crippen MR) is 15.9 cm³/mol. The molecule has 0 aromatic carbocycles. The van der Waals surface area contributed by atoms with E-state index in [2.05, 4.69) is 0 Å². The van der Waals surface area contributed by atoms with Gasteiger partial charge >= 0.3 is 0 Å². The number of carbonyl (C=O) groups excluding carboxylic acids is 1. The third-order valence-electron chi connectivity index (χ3n) is 0.123. The van der Waals surface area contributed by atoms with E-state index in [0.717, 1.165) is 6.08 Å². The molecule has 0 spiro atoms. The average Bonchev–Trinajstić information content (AvgIpc) is 1.41. The lowest BCUT2D eigenvalue weighted by Gasteiger charge is -1.31. The molecule has 0 aromatic heterocycles. The van der Waals surface area contributed by atoms with Crippen LogP contribution in [0.1, 0.15) is 0 Å². The molecule has 5 heavy (non-hydrogen) atoms. The Balaban J connectivity index is 3.46. The Bertz CT molecular complexity index is 94.0. The number of hydrogen-bond acceptors (Lipinski definition) is 2. The maximum atomic E-state index is 9.00. The highest BCUT2D eigenvalue weighted by Crippen LogP contribution is 1.40. The zero-order valence-corrected chi connectivity index (χ0v) is 2.43. The molecule has 24 valence electrons. The van der Waals surface area contributed by atoms with Gasteiger partial charge in [0.15, 0.2) is 0 Å². The molecule has 0 bridgehead atoms. The molecule has 0 amide bonds. The quantitative estimate of drug-likeness (QED) is 0.293. The van der Waals surface area contributed by atoms with Crippen molar-refractivity contribution in [3.8, 4) is 6.07 Å². The number of rotatable bonds is 0. The van der Waals surface area contributed by atoms with Crippen molar-refractivity contribution in [2.75, 3.05) is 0 Å². The highest BCUT2D eigenvalue weighted by Gasteiger charge is 1.46. The molecule has 0 atom stereocenters. The molecule has 0 aliphatic carbocycles. The average molecular weight is 67.0 g/mol. The highest BCUT2D eigenvalue weighted by atomic mass is 16.1. The first-order chi connectivity index (χ1) is 2.41. The van der Waals surface area contributed by atoms with Gasteiger partial charge in [-0.25, -0.2) is 4.79 Å². The van der Waals surface area contributed by atoms with Crippen LogP contribution in [0.25, 0.3) is 0 Å². The SMILES string of the molecule is N#CC=C=O. The summed E-state index contributed by atoms with van der Waals surface area (Å²) >= 11 is 0. The van der Waals surface area contributed by atoms with Crippen LogP contribution in [0.15, 0.2) is 6.08 Å². The Labute approximate surface area is 29.3 Å². The van der Waals surface area contributed by atoms with Crippen LogP contribution in [0, 0.1) is 11.3 Å². The zero-order valence-electron chi connectivity index (χ0n) is 2.43. The summed E-state index contributed by atoms with van der Waals surface area (Å²) in [4.78, 5) is 9.00. The summed E-state index contributed by atoms with van der Waals surface area (Å²) in [5.41, 5.74) is 0. The van der Waals surface area contributed by atoms with Crippen molar-refractivity contribution in [1.82, 2.24) is 0 Å².